The van der Waals surface area contributed by atoms with E-state index in [-0.39, 0.29) is 29.8 Å². The lowest BCUT2D eigenvalue weighted by Crippen LogP contribution is -2.35. The maximum absolute atomic E-state index is 13.4. The lowest BCUT2D eigenvalue weighted by Gasteiger charge is -2.22. The van der Waals surface area contributed by atoms with Crippen molar-refractivity contribution in [2.75, 3.05) is 17.3 Å². The number of hydrogen-bond donors (Lipinski definition) is 2. The van der Waals surface area contributed by atoms with Crippen molar-refractivity contribution in [3.63, 3.8) is 0 Å². The second-order valence-corrected chi connectivity index (χ2v) is 5.70. The highest BCUT2D eigenvalue weighted by molar-refractivity contribution is 6.00. The van der Waals surface area contributed by atoms with Gasteiger partial charge in [0.15, 0.2) is 11.5 Å². The molecule has 0 radical (unpaired) electrons. The van der Waals surface area contributed by atoms with Gasteiger partial charge in [-0.25, -0.2) is 32.9 Å². The van der Waals surface area contributed by atoms with Gasteiger partial charge < -0.3 is 4.74 Å². The van der Waals surface area contributed by atoms with E-state index in [1.54, 1.807) is 0 Å². The molecule has 2 amide bonds. The van der Waals surface area contributed by atoms with Gasteiger partial charge in [-0.15, -0.1) is 0 Å². The zero-order valence-corrected chi connectivity index (χ0v) is 15.3. The van der Waals surface area contributed by atoms with E-state index in [1.807, 2.05) is 6.07 Å². The fourth-order valence-corrected chi connectivity index (χ4v) is 2.36. The first-order valence-electron chi connectivity index (χ1n) is 8.24. The molecular weight excluding hydrogens is 405 g/mol. The fourth-order valence-electron chi connectivity index (χ4n) is 2.36. The van der Waals surface area contributed by atoms with Gasteiger partial charge in [-0.1, -0.05) is 0 Å². The van der Waals surface area contributed by atoms with E-state index >= 15 is 0 Å². The third kappa shape index (κ3) is 4.61. The lowest BCUT2D eigenvalue weighted by molar-refractivity contribution is 0.140. The Balaban J connectivity index is 1.89. The van der Waals surface area contributed by atoms with Gasteiger partial charge in [0, 0.05) is 0 Å². The van der Waals surface area contributed by atoms with Crippen LogP contribution in [0.2, 0.25) is 0 Å². The minimum absolute atomic E-state index is 0.0641. The number of amides is 2. The van der Waals surface area contributed by atoms with Crippen LogP contribution in [0.1, 0.15) is 23.5 Å². The number of halogens is 3. The first-order chi connectivity index (χ1) is 14.4. The highest BCUT2D eigenvalue weighted by atomic mass is 19.3. The van der Waals surface area contributed by atoms with Gasteiger partial charge in [-0.3, -0.25) is 15.3 Å². The molecule has 0 spiro atoms. The quantitative estimate of drug-likeness (QED) is 0.629. The van der Waals surface area contributed by atoms with Crippen molar-refractivity contribution < 1.29 is 22.7 Å². The van der Waals surface area contributed by atoms with Gasteiger partial charge in [0.05, 0.1) is 37.4 Å². The summed E-state index contributed by atoms with van der Waals surface area (Å²) in [5.74, 6) is -1.47. The maximum Gasteiger partial charge on any atom is 0.327 e. The smallest absolute Gasteiger partial charge is 0.327 e. The summed E-state index contributed by atoms with van der Waals surface area (Å²) in [6.45, 7) is -0.0981. The van der Waals surface area contributed by atoms with Gasteiger partial charge in [-0.05, 0) is 18.2 Å². The number of nitriles is 1. The first kappa shape index (κ1) is 20.5. The van der Waals surface area contributed by atoms with E-state index in [1.165, 1.54) is 25.6 Å². The number of carbonyl (C=O) groups is 1. The van der Waals surface area contributed by atoms with Crippen molar-refractivity contribution in [3.05, 3.63) is 53.5 Å². The Hall–Kier alpha value is -4.21. The van der Waals surface area contributed by atoms with Crippen LogP contribution in [0.5, 0.6) is 6.01 Å². The summed E-state index contributed by atoms with van der Waals surface area (Å²) in [5.41, 5.74) is -0.354. The molecule has 0 fully saturated rings. The van der Waals surface area contributed by atoms with Gasteiger partial charge in [-0.2, -0.15) is 10.4 Å². The first-order valence-corrected chi connectivity index (χ1v) is 8.24. The standard InChI is InChI=1S/C17H13F3N8O2/c1-30-16-22-6-11(7-23-16)28(8-10-4-9(5-21)26-27-10)17(29)25-13-3-2-12(18)14(24-13)15(19)20/h2-4,6-7,15H,8H2,1H3,(H,26,27)(H,24,25,29). The van der Waals surface area contributed by atoms with E-state index in [0.29, 0.717) is 5.69 Å². The fraction of sp³-hybridized carbons (Fsp3) is 0.176. The van der Waals surface area contributed by atoms with Crippen molar-refractivity contribution >= 4 is 17.5 Å². The Labute approximate surface area is 167 Å². The van der Waals surface area contributed by atoms with Crippen molar-refractivity contribution in [1.82, 2.24) is 25.1 Å². The van der Waals surface area contributed by atoms with Gasteiger partial charge in [0.2, 0.25) is 0 Å². The van der Waals surface area contributed by atoms with Crippen molar-refractivity contribution in [1.29, 1.82) is 5.26 Å². The number of H-pyrrole nitrogens is 1. The Morgan fingerprint density at radius 2 is 2.10 bits per heavy atom. The van der Waals surface area contributed by atoms with Crippen molar-refractivity contribution in [2.45, 2.75) is 13.0 Å². The SMILES string of the molecule is COc1ncc(N(Cc2cc(C#N)n[nH]2)C(=O)Nc2ccc(F)c(C(F)F)n2)cn1. The number of ether oxygens (including phenoxy) is 1. The van der Waals surface area contributed by atoms with Gasteiger partial charge in [0.25, 0.3) is 6.43 Å². The molecule has 0 saturated heterocycles. The van der Waals surface area contributed by atoms with Crippen LogP contribution >= 0.6 is 0 Å². The molecule has 154 valence electrons. The van der Waals surface area contributed by atoms with Crippen LogP contribution in [-0.4, -0.2) is 38.3 Å². The van der Waals surface area contributed by atoms with Crippen molar-refractivity contribution in [2.24, 2.45) is 0 Å². The average molecular weight is 418 g/mol. The molecule has 13 heteroatoms. The van der Waals surface area contributed by atoms with Crippen molar-refractivity contribution in [3.8, 4) is 12.1 Å². The van der Waals surface area contributed by atoms with Crippen LogP contribution in [0.25, 0.3) is 0 Å². The molecule has 0 aliphatic heterocycles. The number of carbonyl (C=O) groups excluding carboxylic acids is 1. The monoisotopic (exact) mass is 418 g/mol. The van der Waals surface area contributed by atoms with Crippen LogP contribution in [0, 0.1) is 17.1 Å². The Kier molecular flexibility index (Phi) is 6.06. The number of alkyl halides is 2. The number of pyridine rings is 1. The highest BCUT2D eigenvalue weighted by Gasteiger charge is 2.21. The molecule has 0 atom stereocenters. The zero-order valence-electron chi connectivity index (χ0n) is 15.3. The molecule has 0 unspecified atom stereocenters. The number of rotatable bonds is 6. The van der Waals surface area contributed by atoms with E-state index in [9.17, 15) is 18.0 Å². The third-order valence-corrected chi connectivity index (χ3v) is 3.74. The molecule has 2 N–H and O–H groups in total. The second kappa shape index (κ2) is 8.86. The summed E-state index contributed by atoms with van der Waals surface area (Å²) in [6.07, 6.45) is -0.548. The Bertz CT molecular complexity index is 1080. The maximum atomic E-state index is 13.4. The lowest BCUT2D eigenvalue weighted by atomic mass is 10.3. The summed E-state index contributed by atoms with van der Waals surface area (Å²) in [6, 6.07) is 4.37. The molecule has 0 aliphatic rings. The largest absolute Gasteiger partial charge is 0.467 e. The van der Waals surface area contributed by atoms with Crippen LogP contribution < -0.4 is 15.0 Å². The van der Waals surface area contributed by atoms with E-state index in [0.717, 1.165) is 17.0 Å². The van der Waals surface area contributed by atoms with Crippen LogP contribution in [0.4, 0.5) is 29.5 Å². The minimum Gasteiger partial charge on any atom is -0.467 e. The number of aromatic amines is 1. The summed E-state index contributed by atoms with van der Waals surface area (Å²) < 4.78 is 44.1. The summed E-state index contributed by atoms with van der Waals surface area (Å²) in [7, 11) is 1.37. The molecule has 0 bridgehead atoms. The average Bonchev–Trinajstić information content (AvgIpc) is 3.21. The van der Waals surface area contributed by atoms with E-state index in [2.05, 4.69) is 30.5 Å². The predicted molar refractivity (Wildman–Crippen MR) is 96.2 cm³/mol. The van der Waals surface area contributed by atoms with E-state index < -0.39 is 24.0 Å². The number of nitrogens with one attached hydrogen (secondary N) is 2. The molecular formula is C17H13F3N8O2. The zero-order chi connectivity index (χ0) is 21.7. The van der Waals surface area contributed by atoms with Crippen LogP contribution in [0.15, 0.2) is 30.6 Å². The van der Waals surface area contributed by atoms with Crippen LogP contribution in [-0.2, 0) is 6.54 Å². The summed E-state index contributed by atoms with van der Waals surface area (Å²) in [4.78, 5) is 25.2. The molecule has 10 nitrogen and oxygen atoms in total. The van der Waals surface area contributed by atoms with Gasteiger partial charge >= 0.3 is 12.0 Å². The number of aromatic nitrogens is 5. The number of methoxy groups -OCH3 is 1. The van der Waals surface area contributed by atoms with Gasteiger partial charge in [0.1, 0.15) is 17.6 Å². The van der Waals surface area contributed by atoms with Crippen LogP contribution in [0.3, 0.4) is 0 Å². The molecule has 0 aliphatic carbocycles. The number of hydrogen-bond acceptors (Lipinski definition) is 7. The van der Waals surface area contributed by atoms with E-state index in [4.69, 9.17) is 10.00 Å². The normalized spacial score (nSPS) is 10.5. The molecule has 0 saturated carbocycles. The highest BCUT2D eigenvalue weighted by Crippen LogP contribution is 2.23. The number of nitrogens with zero attached hydrogens (tertiary/aromatic N) is 6. The Morgan fingerprint density at radius 3 is 2.70 bits per heavy atom. The molecule has 3 rings (SSSR count). The molecule has 3 aromatic heterocycles. The Morgan fingerprint density at radius 1 is 1.37 bits per heavy atom. The molecule has 3 heterocycles. The topological polar surface area (TPSA) is 133 Å². The second-order valence-electron chi connectivity index (χ2n) is 5.70. The summed E-state index contributed by atoms with van der Waals surface area (Å²) in [5, 5.41) is 17.6. The molecule has 0 aromatic carbocycles. The minimum atomic E-state index is -3.15. The third-order valence-electron chi connectivity index (χ3n) is 3.74. The predicted octanol–water partition coefficient (Wildman–Crippen LogP) is 2.79. The molecule has 30 heavy (non-hydrogen) atoms. The number of anilines is 2. The number of urea groups is 1. The summed E-state index contributed by atoms with van der Waals surface area (Å²) >= 11 is 0. The molecule has 3 aromatic rings.